The quantitative estimate of drug-likeness (QED) is 0.778. The van der Waals surface area contributed by atoms with Crippen LogP contribution in [0.1, 0.15) is 34.9 Å². The van der Waals surface area contributed by atoms with Gasteiger partial charge in [0.25, 0.3) is 5.91 Å². The number of nitrogens with one attached hydrogen (secondary N) is 3. The fourth-order valence-corrected chi connectivity index (χ4v) is 2.55. The van der Waals surface area contributed by atoms with Gasteiger partial charge in [0.1, 0.15) is 17.8 Å². The minimum atomic E-state index is -0.278. The van der Waals surface area contributed by atoms with Gasteiger partial charge < -0.3 is 15.6 Å². The summed E-state index contributed by atoms with van der Waals surface area (Å²) in [5.41, 5.74) is 0.994. The second-order valence-electron chi connectivity index (χ2n) is 5.35. The van der Waals surface area contributed by atoms with E-state index in [0.717, 1.165) is 24.4 Å². The average Bonchev–Trinajstić information content (AvgIpc) is 2.50. The number of H-pyrrole nitrogens is 1. The molecule has 1 saturated carbocycles. The molecule has 1 aliphatic rings. The zero-order valence-corrected chi connectivity index (χ0v) is 12.2. The van der Waals surface area contributed by atoms with E-state index in [0.29, 0.717) is 5.92 Å². The van der Waals surface area contributed by atoms with Crippen LogP contribution in [0.4, 0.5) is 5.82 Å². The first-order valence-corrected chi connectivity index (χ1v) is 7.15. The van der Waals surface area contributed by atoms with Crippen LogP contribution in [-0.2, 0) is 0 Å². The molecule has 0 radical (unpaired) electrons. The van der Waals surface area contributed by atoms with Crippen LogP contribution in [0.25, 0.3) is 0 Å². The summed E-state index contributed by atoms with van der Waals surface area (Å²) < 4.78 is 0. The third-order valence-electron chi connectivity index (χ3n) is 3.85. The predicted molar refractivity (Wildman–Crippen MR) is 81.9 cm³/mol. The van der Waals surface area contributed by atoms with Crippen LogP contribution in [0.2, 0.25) is 0 Å². The molecule has 1 fully saturated rings. The number of anilines is 1. The summed E-state index contributed by atoms with van der Waals surface area (Å²) >= 11 is 0. The minimum absolute atomic E-state index is 0.106. The molecule has 2 aromatic rings. The van der Waals surface area contributed by atoms with E-state index in [1.165, 1.54) is 6.07 Å². The van der Waals surface area contributed by atoms with E-state index in [1.807, 2.05) is 13.1 Å². The van der Waals surface area contributed by atoms with Gasteiger partial charge in [-0.15, -0.1) is 0 Å². The highest BCUT2D eigenvalue weighted by molar-refractivity contribution is 5.92. The molecule has 3 N–H and O–H groups in total. The molecule has 7 nitrogen and oxygen atoms in total. The SMILES string of the molecule is CNc1cc(C2CC(NC(=O)c3cccc(=O)[nH]3)C2)ncn1. The van der Waals surface area contributed by atoms with E-state index in [4.69, 9.17) is 0 Å². The van der Waals surface area contributed by atoms with Crippen molar-refractivity contribution in [1.29, 1.82) is 0 Å². The number of carbonyl (C=O) groups is 1. The van der Waals surface area contributed by atoms with E-state index < -0.39 is 0 Å². The summed E-state index contributed by atoms with van der Waals surface area (Å²) in [7, 11) is 1.82. The van der Waals surface area contributed by atoms with Gasteiger partial charge in [-0.1, -0.05) is 6.07 Å². The number of amides is 1. The van der Waals surface area contributed by atoms with E-state index in [1.54, 1.807) is 18.5 Å². The monoisotopic (exact) mass is 299 g/mol. The van der Waals surface area contributed by atoms with Crippen molar-refractivity contribution in [3.63, 3.8) is 0 Å². The van der Waals surface area contributed by atoms with Crippen LogP contribution in [0, 0.1) is 0 Å². The van der Waals surface area contributed by atoms with E-state index in [9.17, 15) is 9.59 Å². The second kappa shape index (κ2) is 5.97. The fraction of sp³-hybridized carbons (Fsp3) is 0.333. The number of hydrogen-bond donors (Lipinski definition) is 3. The maximum Gasteiger partial charge on any atom is 0.268 e. The van der Waals surface area contributed by atoms with Crippen LogP contribution < -0.4 is 16.2 Å². The summed E-state index contributed by atoms with van der Waals surface area (Å²) in [6.07, 6.45) is 3.22. The van der Waals surface area contributed by atoms with Gasteiger partial charge in [0.05, 0.1) is 0 Å². The fourth-order valence-electron chi connectivity index (χ4n) is 2.55. The van der Waals surface area contributed by atoms with Gasteiger partial charge in [-0.2, -0.15) is 0 Å². The number of nitrogens with zero attached hydrogens (tertiary/aromatic N) is 2. The van der Waals surface area contributed by atoms with Gasteiger partial charge in [-0.25, -0.2) is 9.97 Å². The highest BCUT2D eigenvalue weighted by Crippen LogP contribution is 2.36. The third kappa shape index (κ3) is 2.98. The van der Waals surface area contributed by atoms with Crippen molar-refractivity contribution < 1.29 is 4.79 Å². The van der Waals surface area contributed by atoms with Crippen molar-refractivity contribution in [3.8, 4) is 0 Å². The van der Waals surface area contributed by atoms with Crippen LogP contribution in [0.3, 0.4) is 0 Å². The molecule has 2 aromatic heterocycles. The van der Waals surface area contributed by atoms with Gasteiger partial charge >= 0.3 is 0 Å². The smallest absolute Gasteiger partial charge is 0.268 e. The van der Waals surface area contributed by atoms with Crippen molar-refractivity contribution in [2.45, 2.75) is 24.8 Å². The molecule has 3 rings (SSSR count). The topological polar surface area (TPSA) is 99.8 Å². The maximum atomic E-state index is 12.0. The number of rotatable bonds is 4. The molecule has 0 saturated heterocycles. The summed E-state index contributed by atoms with van der Waals surface area (Å²) in [5, 5.41) is 5.91. The van der Waals surface area contributed by atoms with Gasteiger partial charge in [0.2, 0.25) is 5.56 Å². The Hall–Kier alpha value is -2.70. The Morgan fingerprint density at radius 1 is 1.32 bits per heavy atom. The third-order valence-corrected chi connectivity index (χ3v) is 3.85. The molecule has 0 spiro atoms. The second-order valence-corrected chi connectivity index (χ2v) is 5.35. The molecule has 0 aliphatic heterocycles. The normalized spacial score (nSPS) is 20.0. The van der Waals surface area contributed by atoms with Crippen molar-refractivity contribution in [2.75, 3.05) is 12.4 Å². The van der Waals surface area contributed by atoms with E-state index in [-0.39, 0.29) is 23.2 Å². The van der Waals surface area contributed by atoms with Crippen LogP contribution in [0.5, 0.6) is 0 Å². The van der Waals surface area contributed by atoms with Crippen molar-refractivity contribution in [1.82, 2.24) is 20.3 Å². The van der Waals surface area contributed by atoms with Gasteiger partial charge in [-0.3, -0.25) is 9.59 Å². The Balaban J connectivity index is 1.57. The Labute approximate surface area is 127 Å². The zero-order valence-electron chi connectivity index (χ0n) is 12.2. The number of aromatic amines is 1. The molecule has 2 heterocycles. The molecule has 0 bridgehead atoms. The molecule has 114 valence electrons. The summed E-state index contributed by atoms with van der Waals surface area (Å²) in [5.74, 6) is 0.870. The van der Waals surface area contributed by atoms with Gasteiger partial charge in [0, 0.05) is 36.8 Å². The molecule has 0 unspecified atom stereocenters. The molecule has 0 aromatic carbocycles. The lowest BCUT2D eigenvalue weighted by Gasteiger charge is -2.35. The molecule has 1 aliphatic carbocycles. The Morgan fingerprint density at radius 2 is 2.14 bits per heavy atom. The molecule has 0 atom stereocenters. The van der Waals surface area contributed by atoms with Crippen LogP contribution >= 0.6 is 0 Å². The standard InChI is InChI=1S/C15H17N5O2/c1-16-13-7-12(17-8-18-13)9-5-10(6-9)19-15(22)11-3-2-4-14(21)20-11/h2-4,7-10H,5-6H2,1H3,(H,19,22)(H,20,21)(H,16,17,18). The van der Waals surface area contributed by atoms with E-state index in [2.05, 4.69) is 25.6 Å². The molecular weight excluding hydrogens is 282 g/mol. The summed E-state index contributed by atoms with van der Waals surface area (Å²) in [6, 6.07) is 6.57. The van der Waals surface area contributed by atoms with Crippen molar-refractivity contribution in [3.05, 3.63) is 52.3 Å². The lowest BCUT2D eigenvalue weighted by molar-refractivity contribution is 0.0903. The number of carbonyl (C=O) groups excluding carboxylic acids is 1. The number of aromatic nitrogens is 3. The van der Waals surface area contributed by atoms with Crippen LogP contribution in [0.15, 0.2) is 35.4 Å². The molecule has 1 amide bonds. The first-order chi connectivity index (χ1) is 10.7. The summed E-state index contributed by atoms with van der Waals surface area (Å²) in [4.78, 5) is 34.1. The van der Waals surface area contributed by atoms with Gasteiger partial charge in [-0.05, 0) is 18.9 Å². The lowest BCUT2D eigenvalue weighted by atomic mass is 9.78. The average molecular weight is 299 g/mol. The number of pyridine rings is 1. The van der Waals surface area contributed by atoms with Crippen molar-refractivity contribution >= 4 is 11.7 Å². The van der Waals surface area contributed by atoms with Crippen LogP contribution in [-0.4, -0.2) is 33.9 Å². The highest BCUT2D eigenvalue weighted by Gasteiger charge is 2.32. The Bertz CT molecular complexity index is 736. The molecular formula is C15H17N5O2. The first kappa shape index (κ1) is 14.2. The highest BCUT2D eigenvalue weighted by atomic mass is 16.2. The first-order valence-electron chi connectivity index (χ1n) is 7.15. The molecule has 7 heteroatoms. The van der Waals surface area contributed by atoms with E-state index >= 15 is 0 Å². The van der Waals surface area contributed by atoms with Crippen molar-refractivity contribution in [2.24, 2.45) is 0 Å². The number of hydrogen-bond acceptors (Lipinski definition) is 5. The Kier molecular flexibility index (Phi) is 3.86. The zero-order chi connectivity index (χ0) is 15.5. The maximum absolute atomic E-state index is 12.0. The summed E-state index contributed by atoms with van der Waals surface area (Å²) in [6.45, 7) is 0. The molecule has 22 heavy (non-hydrogen) atoms. The largest absolute Gasteiger partial charge is 0.373 e. The Morgan fingerprint density at radius 3 is 2.86 bits per heavy atom. The lowest BCUT2D eigenvalue weighted by Crippen LogP contribution is -2.44. The van der Waals surface area contributed by atoms with Gasteiger partial charge in [0.15, 0.2) is 0 Å². The predicted octanol–water partition coefficient (Wildman–Crippen LogP) is 0.883. The minimum Gasteiger partial charge on any atom is -0.373 e.